The maximum atomic E-state index is 9.63. The predicted octanol–water partition coefficient (Wildman–Crippen LogP) is 3.92. The van der Waals surface area contributed by atoms with Crippen LogP contribution in [-0.2, 0) is 11.3 Å². The van der Waals surface area contributed by atoms with E-state index in [4.69, 9.17) is 9.47 Å². The van der Waals surface area contributed by atoms with Gasteiger partial charge in [0.15, 0.2) is 0 Å². The number of anilines is 2. The molecule has 0 amide bonds. The van der Waals surface area contributed by atoms with Gasteiger partial charge in [0.1, 0.15) is 17.9 Å². The Labute approximate surface area is 180 Å². The summed E-state index contributed by atoms with van der Waals surface area (Å²) in [7, 11) is 0. The zero-order valence-electron chi connectivity index (χ0n) is 17.2. The quantitative estimate of drug-likeness (QED) is 0.623. The minimum absolute atomic E-state index is 0.0855. The van der Waals surface area contributed by atoms with Crippen LogP contribution in [0.15, 0.2) is 42.9 Å². The van der Waals surface area contributed by atoms with Crippen molar-refractivity contribution in [3.8, 4) is 23.1 Å². The molecule has 1 aliphatic heterocycles. The number of nitrogens with zero attached hydrogens (tertiary/aromatic N) is 5. The lowest BCUT2D eigenvalue weighted by Gasteiger charge is -2.23. The van der Waals surface area contributed by atoms with Gasteiger partial charge in [0.05, 0.1) is 36.4 Å². The maximum absolute atomic E-state index is 9.63. The second-order valence-electron chi connectivity index (χ2n) is 8.04. The van der Waals surface area contributed by atoms with E-state index in [0.717, 1.165) is 42.2 Å². The van der Waals surface area contributed by atoms with Crippen LogP contribution in [0.4, 0.5) is 11.6 Å². The van der Waals surface area contributed by atoms with Gasteiger partial charge in [0.2, 0.25) is 5.95 Å². The van der Waals surface area contributed by atoms with Gasteiger partial charge >= 0.3 is 0 Å². The Bertz CT molecular complexity index is 1100. The van der Waals surface area contributed by atoms with Gasteiger partial charge in [-0.3, -0.25) is 4.68 Å². The molecule has 1 aromatic carbocycles. The highest BCUT2D eigenvalue weighted by molar-refractivity contribution is 5.65. The normalized spacial score (nSPS) is 16.6. The SMILES string of the molecule is N#Cc1cc(-c2ccnc(Nc3cnn(CC4CC4)c3)n2)ccc1OC1CCOCC1. The van der Waals surface area contributed by atoms with E-state index in [2.05, 4.69) is 26.5 Å². The molecule has 2 aliphatic rings. The van der Waals surface area contributed by atoms with E-state index in [1.165, 1.54) is 12.8 Å². The molecule has 0 bridgehead atoms. The molecular weight excluding hydrogens is 392 g/mol. The Balaban J connectivity index is 1.31. The van der Waals surface area contributed by atoms with E-state index >= 15 is 0 Å². The average Bonchev–Trinajstić information content (AvgIpc) is 3.52. The standard InChI is InChI=1S/C23H24N6O2/c24-12-18-11-17(3-4-22(18)31-20-6-9-30-10-7-20)21-5-8-25-23(28-21)27-19-13-26-29(15-19)14-16-1-2-16/h3-5,8,11,13,15-16,20H,1-2,6-7,9-10,14H2,(H,25,27,28). The summed E-state index contributed by atoms with van der Waals surface area (Å²) in [4.78, 5) is 8.93. The lowest BCUT2D eigenvalue weighted by molar-refractivity contribution is 0.0254. The number of ether oxygens (including phenoxy) is 2. The third kappa shape index (κ3) is 4.84. The molecule has 2 fully saturated rings. The van der Waals surface area contributed by atoms with Crippen molar-refractivity contribution in [1.29, 1.82) is 5.26 Å². The first-order valence-corrected chi connectivity index (χ1v) is 10.7. The Hall–Kier alpha value is -3.44. The van der Waals surface area contributed by atoms with Gasteiger partial charge in [-0.2, -0.15) is 10.4 Å². The van der Waals surface area contributed by atoms with Gasteiger partial charge in [-0.05, 0) is 43.0 Å². The first-order valence-electron chi connectivity index (χ1n) is 10.7. The lowest BCUT2D eigenvalue weighted by Crippen LogP contribution is -2.26. The molecule has 0 atom stereocenters. The second-order valence-corrected chi connectivity index (χ2v) is 8.04. The maximum Gasteiger partial charge on any atom is 0.227 e. The Morgan fingerprint density at radius 3 is 2.87 bits per heavy atom. The molecule has 0 spiro atoms. The molecule has 3 heterocycles. The molecule has 5 rings (SSSR count). The van der Waals surface area contributed by atoms with Gasteiger partial charge in [-0.1, -0.05) is 0 Å². The fourth-order valence-corrected chi connectivity index (χ4v) is 3.65. The summed E-state index contributed by atoms with van der Waals surface area (Å²) in [6.07, 6.45) is 9.81. The molecule has 2 aromatic heterocycles. The highest BCUT2D eigenvalue weighted by Crippen LogP contribution is 2.31. The van der Waals surface area contributed by atoms with E-state index < -0.39 is 0 Å². The summed E-state index contributed by atoms with van der Waals surface area (Å²) in [6, 6.07) is 9.66. The Morgan fingerprint density at radius 2 is 2.06 bits per heavy atom. The molecule has 31 heavy (non-hydrogen) atoms. The number of aromatic nitrogens is 4. The highest BCUT2D eigenvalue weighted by atomic mass is 16.5. The van der Waals surface area contributed by atoms with Crippen LogP contribution in [0, 0.1) is 17.2 Å². The number of nitriles is 1. The molecule has 158 valence electrons. The van der Waals surface area contributed by atoms with Gasteiger partial charge in [-0.15, -0.1) is 0 Å². The van der Waals surface area contributed by atoms with Gasteiger partial charge in [-0.25, -0.2) is 9.97 Å². The van der Waals surface area contributed by atoms with Gasteiger partial charge in [0, 0.05) is 37.3 Å². The zero-order valence-corrected chi connectivity index (χ0v) is 17.2. The highest BCUT2D eigenvalue weighted by Gasteiger charge is 2.22. The summed E-state index contributed by atoms with van der Waals surface area (Å²) in [5.74, 6) is 1.86. The molecule has 1 N–H and O–H groups in total. The van der Waals surface area contributed by atoms with E-state index in [-0.39, 0.29) is 6.10 Å². The third-order valence-corrected chi connectivity index (χ3v) is 5.54. The van der Waals surface area contributed by atoms with Crippen molar-refractivity contribution < 1.29 is 9.47 Å². The van der Waals surface area contributed by atoms with E-state index in [0.29, 0.717) is 30.5 Å². The van der Waals surface area contributed by atoms with Crippen LogP contribution in [0.3, 0.4) is 0 Å². The van der Waals surface area contributed by atoms with Crippen molar-refractivity contribution in [2.24, 2.45) is 5.92 Å². The minimum Gasteiger partial charge on any atom is -0.489 e. The van der Waals surface area contributed by atoms with Crippen molar-refractivity contribution in [2.75, 3.05) is 18.5 Å². The van der Waals surface area contributed by atoms with Crippen LogP contribution in [0.25, 0.3) is 11.3 Å². The smallest absolute Gasteiger partial charge is 0.227 e. The van der Waals surface area contributed by atoms with Crippen LogP contribution in [0.5, 0.6) is 5.75 Å². The number of benzene rings is 1. The van der Waals surface area contributed by atoms with E-state index in [1.807, 2.05) is 35.1 Å². The Morgan fingerprint density at radius 1 is 1.19 bits per heavy atom. The van der Waals surface area contributed by atoms with Crippen molar-refractivity contribution in [3.05, 3.63) is 48.4 Å². The Kier molecular flexibility index (Phi) is 5.50. The number of hydrogen-bond donors (Lipinski definition) is 1. The second kappa shape index (κ2) is 8.74. The van der Waals surface area contributed by atoms with Gasteiger partial charge < -0.3 is 14.8 Å². The van der Waals surface area contributed by atoms with E-state index in [9.17, 15) is 5.26 Å². The fourth-order valence-electron chi connectivity index (χ4n) is 3.65. The van der Waals surface area contributed by atoms with Crippen molar-refractivity contribution in [2.45, 2.75) is 38.3 Å². The minimum atomic E-state index is 0.0855. The molecule has 8 heteroatoms. The van der Waals surface area contributed by atoms with Crippen LogP contribution in [0.2, 0.25) is 0 Å². The molecular formula is C23H24N6O2. The molecule has 1 aliphatic carbocycles. The van der Waals surface area contributed by atoms with Crippen LogP contribution >= 0.6 is 0 Å². The number of hydrogen-bond acceptors (Lipinski definition) is 7. The van der Waals surface area contributed by atoms with Crippen LogP contribution in [0.1, 0.15) is 31.2 Å². The van der Waals surface area contributed by atoms with Crippen molar-refractivity contribution in [1.82, 2.24) is 19.7 Å². The van der Waals surface area contributed by atoms with Gasteiger partial charge in [0.25, 0.3) is 0 Å². The van der Waals surface area contributed by atoms with E-state index in [1.54, 1.807) is 12.4 Å². The lowest BCUT2D eigenvalue weighted by atomic mass is 10.1. The predicted molar refractivity (Wildman–Crippen MR) is 115 cm³/mol. The first kappa shape index (κ1) is 19.5. The number of rotatable bonds is 7. The average molecular weight is 416 g/mol. The van der Waals surface area contributed by atoms with Crippen LogP contribution in [-0.4, -0.2) is 39.1 Å². The van der Waals surface area contributed by atoms with Crippen LogP contribution < -0.4 is 10.1 Å². The van der Waals surface area contributed by atoms with Crippen molar-refractivity contribution >= 4 is 11.6 Å². The summed E-state index contributed by atoms with van der Waals surface area (Å²) in [5, 5.41) is 17.2. The fraction of sp³-hybridized carbons (Fsp3) is 0.391. The molecule has 0 unspecified atom stereocenters. The molecule has 8 nitrogen and oxygen atoms in total. The zero-order chi connectivity index (χ0) is 21.0. The topological polar surface area (TPSA) is 97.9 Å². The molecule has 1 saturated heterocycles. The summed E-state index contributed by atoms with van der Waals surface area (Å²) >= 11 is 0. The first-order chi connectivity index (χ1) is 15.3. The molecule has 1 saturated carbocycles. The summed E-state index contributed by atoms with van der Waals surface area (Å²) < 4.78 is 13.4. The number of nitrogens with one attached hydrogen (secondary N) is 1. The third-order valence-electron chi connectivity index (χ3n) is 5.54. The molecule has 0 radical (unpaired) electrons. The summed E-state index contributed by atoms with van der Waals surface area (Å²) in [5.41, 5.74) is 2.93. The largest absolute Gasteiger partial charge is 0.489 e. The monoisotopic (exact) mass is 416 g/mol. The summed E-state index contributed by atoms with van der Waals surface area (Å²) in [6.45, 7) is 2.35. The molecule has 3 aromatic rings. The van der Waals surface area contributed by atoms with Crippen molar-refractivity contribution in [3.63, 3.8) is 0 Å².